The van der Waals surface area contributed by atoms with Gasteiger partial charge in [-0.15, -0.1) is 0 Å². The molecule has 1 aliphatic heterocycles. The minimum absolute atomic E-state index is 0.252. The van der Waals surface area contributed by atoms with Crippen LogP contribution in [0, 0.1) is 0 Å². The Morgan fingerprint density at radius 2 is 1.74 bits per heavy atom. The van der Waals surface area contributed by atoms with Crippen molar-refractivity contribution in [1.29, 1.82) is 0 Å². The number of rotatable bonds is 5. The molecule has 0 bridgehead atoms. The van der Waals surface area contributed by atoms with Crippen molar-refractivity contribution >= 4 is 5.78 Å². The lowest BCUT2D eigenvalue weighted by atomic mass is 9.87. The van der Waals surface area contributed by atoms with Crippen LogP contribution in [0.15, 0.2) is 67.0 Å². The van der Waals surface area contributed by atoms with Gasteiger partial charge in [0, 0.05) is 18.8 Å². The number of hydrogen-bond donors (Lipinski definition) is 0. The first-order chi connectivity index (χ1) is 13.2. The average Bonchev–Trinajstić information content (AvgIpc) is 3.40. The predicted octanol–water partition coefficient (Wildman–Crippen LogP) is 4.32. The van der Waals surface area contributed by atoms with Crippen LogP contribution in [0.3, 0.4) is 0 Å². The zero-order valence-corrected chi connectivity index (χ0v) is 14.9. The van der Waals surface area contributed by atoms with Crippen molar-refractivity contribution in [3.05, 3.63) is 78.1 Å². The molecule has 0 amide bonds. The summed E-state index contributed by atoms with van der Waals surface area (Å²) in [4.78, 5) is 17.2. The molecule has 0 saturated heterocycles. The van der Waals surface area contributed by atoms with Gasteiger partial charge in [0.2, 0.25) is 6.79 Å². The minimum Gasteiger partial charge on any atom is -0.454 e. The summed E-state index contributed by atoms with van der Waals surface area (Å²) in [6.45, 7) is 0.252. The van der Waals surface area contributed by atoms with Gasteiger partial charge in [-0.2, -0.15) is 0 Å². The van der Waals surface area contributed by atoms with Crippen LogP contribution in [0.25, 0.3) is 11.1 Å². The van der Waals surface area contributed by atoms with E-state index in [1.54, 1.807) is 12.4 Å². The maximum Gasteiger partial charge on any atom is 0.231 e. The molecule has 4 nitrogen and oxygen atoms in total. The Bertz CT molecular complexity index is 1010. The number of hydrogen-bond acceptors (Lipinski definition) is 4. The SMILES string of the molecule is O=C(Cc1cccc(-c2ccncc2)c1)C1(c2ccc3c(c2)OCO3)CC1. The van der Waals surface area contributed by atoms with Gasteiger partial charge in [-0.25, -0.2) is 0 Å². The summed E-state index contributed by atoms with van der Waals surface area (Å²) in [6.07, 6.45) is 5.80. The van der Waals surface area contributed by atoms with Gasteiger partial charge in [-0.3, -0.25) is 9.78 Å². The van der Waals surface area contributed by atoms with Gasteiger partial charge < -0.3 is 9.47 Å². The molecule has 2 aliphatic rings. The first kappa shape index (κ1) is 16.1. The second-order valence-corrected chi connectivity index (χ2v) is 7.19. The first-order valence-electron chi connectivity index (χ1n) is 9.17. The van der Waals surface area contributed by atoms with Gasteiger partial charge in [0.15, 0.2) is 11.5 Å². The van der Waals surface area contributed by atoms with Crippen molar-refractivity contribution in [1.82, 2.24) is 4.98 Å². The number of nitrogens with zero attached hydrogens (tertiary/aromatic N) is 1. The second kappa shape index (κ2) is 6.23. The van der Waals surface area contributed by atoms with Gasteiger partial charge in [-0.1, -0.05) is 30.3 Å². The number of ketones is 1. The Balaban J connectivity index is 1.39. The number of fused-ring (bicyclic) bond motifs is 1. The topological polar surface area (TPSA) is 48.4 Å². The Kier molecular flexibility index (Phi) is 3.71. The number of carbonyl (C=O) groups excluding carboxylic acids is 1. The van der Waals surface area contributed by atoms with Gasteiger partial charge >= 0.3 is 0 Å². The maximum absolute atomic E-state index is 13.2. The van der Waals surface area contributed by atoms with Gasteiger partial charge in [0.1, 0.15) is 5.78 Å². The Morgan fingerprint density at radius 3 is 2.56 bits per heavy atom. The van der Waals surface area contributed by atoms with Crippen LogP contribution >= 0.6 is 0 Å². The highest BCUT2D eigenvalue weighted by Crippen LogP contribution is 2.51. The fourth-order valence-corrected chi connectivity index (χ4v) is 3.81. The molecule has 0 radical (unpaired) electrons. The summed E-state index contributed by atoms with van der Waals surface area (Å²) in [5.41, 5.74) is 3.93. The van der Waals surface area contributed by atoms with Crippen molar-refractivity contribution in [2.24, 2.45) is 0 Å². The van der Waals surface area contributed by atoms with E-state index in [1.165, 1.54) is 0 Å². The molecule has 1 fully saturated rings. The number of ether oxygens (including phenoxy) is 2. The number of Topliss-reactive ketones (excluding diaryl/α,β-unsaturated/α-hetero) is 1. The molecular weight excluding hydrogens is 338 g/mol. The molecule has 0 N–H and O–H groups in total. The molecule has 0 spiro atoms. The monoisotopic (exact) mass is 357 g/mol. The van der Waals surface area contributed by atoms with Crippen molar-refractivity contribution in [3.63, 3.8) is 0 Å². The Morgan fingerprint density at radius 1 is 0.926 bits per heavy atom. The van der Waals surface area contributed by atoms with Crippen molar-refractivity contribution in [3.8, 4) is 22.6 Å². The lowest BCUT2D eigenvalue weighted by Gasteiger charge is -2.15. The normalized spacial score (nSPS) is 16.1. The van der Waals surface area contributed by atoms with E-state index in [2.05, 4.69) is 17.1 Å². The van der Waals surface area contributed by atoms with E-state index in [0.717, 1.165) is 46.6 Å². The van der Waals surface area contributed by atoms with Crippen LogP contribution in [-0.2, 0) is 16.6 Å². The van der Waals surface area contributed by atoms with E-state index >= 15 is 0 Å². The van der Waals surface area contributed by atoms with E-state index in [0.29, 0.717) is 6.42 Å². The molecule has 4 heteroatoms. The third-order valence-corrected chi connectivity index (χ3v) is 5.51. The lowest BCUT2D eigenvalue weighted by Crippen LogP contribution is -2.22. The average molecular weight is 357 g/mol. The van der Waals surface area contributed by atoms with Gasteiger partial charge in [-0.05, 0) is 59.4 Å². The van der Waals surface area contributed by atoms with E-state index in [4.69, 9.17) is 9.47 Å². The van der Waals surface area contributed by atoms with E-state index < -0.39 is 0 Å². The number of aromatic nitrogens is 1. The second-order valence-electron chi connectivity index (χ2n) is 7.19. The molecule has 0 atom stereocenters. The third kappa shape index (κ3) is 2.87. The standard InChI is InChI=1S/C23H19NO3/c25-22(13-16-2-1-3-18(12-16)17-6-10-24-11-7-17)23(8-9-23)19-4-5-20-21(14-19)27-15-26-20/h1-7,10-12,14H,8-9,13,15H2. The highest BCUT2D eigenvalue weighted by Gasteiger charge is 2.50. The molecule has 134 valence electrons. The van der Waals surface area contributed by atoms with Crippen LogP contribution in [0.1, 0.15) is 24.0 Å². The molecule has 2 heterocycles. The molecule has 0 unspecified atom stereocenters. The van der Waals surface area contributed by atoms with Crippen molar-refractivity contribution < 1.29 is 14.3 Å². The maximum atomic E-state index is 13.2. The summed E-state index contributed by atoms with van der Waals surface area (Å²) in [6, 6.07) is 18.1. The minimum atomic E-state index is -0.367. The molecule has 2 aromatic carbocycles. The van der Waals surface area contributed by atoms with Crippen LogP contribution in [0.2, 0.25) is 0 Å². The van der Waals surface area contributed by atoms with E-state index in [1.807, 2.05) is 42.5 Å². The van der Waals surface area contributed by atoms with Crippen molar-refractivity contribution in [2.45, 2.75) is 24.7 Å². The molecule has 1 saturated carbocycles. The molecule has 1 aromatic heterocycles. The van der Waals surface area contributed by atoms with Crippen LogP contribution < -0.4 is 9.47 Å². The summed E-state index contributed by atoms with van der Waals surface area (Å²) in [5, 5.41) is 0. The van der Waals surface area contributed by atoms with Crippen molar-refractivity contribution in [2.75, 3.05) is 6.79 Å². The first-order valence-corrected chi connectivity index (χ1v) is 9.17. The third-order valence-electron chi connectivity index (χ3n) is 5.51. The predicted molar refractivity (Wildman–Crippen MR) is 102 cm³/mol. The summed E-state index contributed by atoms with van der Waals surface area (Å²) >= 11 is 0. The fraction of sp³-hybridized carbons (Fsp3) is 0.217. The van der Waals surface area contributed by atoms with Crippen LogP contribution in [-0.4, -0.2) is 17.6 Å². The zero-order valence-electron chi connectivity index (χ0n) is 14.9. The highest BCUT2D eigenvalue weighted by molar-refractivity contribution is 5.95. The number of pyridine rings is 1. The van der Waals surface area contributed by atoms with Crippen LogP contribution in [0.4, 0.5) is 0 Å². The van der Waals surface area contributed by atoms with Crippen LogP contribution in [0.5, 0.6) is 11.5 Å². The molecule has 27 heavy (non-hydrogen) atoms. The van der Waals surface area contributed by atoms with Gasteiger partial charge in [0.05, 0.1) is 5.41 Å². The summed E-state index contributed by atoms with van der Waals surface area (Å²) in [7, 11) is 0. The lowest BCUT2D eigenvalue weighted by molar-refractivity contribution is -0.120. The van der Waals surface area contributed by atoms with Gasteiger partial charge in [0.25, 0.3) is 0 Å². The Hall–Kier alpha value is -3.14. The highest BCUT2D eigenvalue weighted by atomic mass is 16.7. The smallest absolute Gasteiger partial charge is 0.231 e. The molecule has 3 aromatic rings. The largest absolute Gasteiger partial charge is 0.454 e. The number of carbonyl (C=O) groups is 1. The molecular formula is C23H19NO3. The Labute approximate surface area is 157 Å². The van der Waals surface area contributed by atoms with E-state index in [-0.39, 0.29) is 18.0 Å². The fourth-order valence-electron chi connectivity index (χ4n) is 3.81. The zero-order chi connectivity index (χ0) is 18.3. The summed E-state index contributed by atoms with van der Waals surface area (Å²) in [5.74, 6) is 1.77. The quantitative estimate of drug-likeness (QED) is 0.682. The molecule has 5 rings (SSSR count). The summed E-state index contributed by atoms with van der Waals surface area (Å²) < 4.78 is 10.9. The number of benzene rings is 2. The molecule has 1 aliphatic carbocycles. The van der Waals surface area contributed by atoms with E-state index in [9.17, 15) is 4.79 Å².